The first-order valence-corrected chi connectivity index (χ1v) is 7.87. The fourth-order valence-corrected chi connectivity index (χ4v) is 3.45. The lowest BCUT2D eigenvalue weighted by Crippen LogP contribution is -2.21. The second kappa shape index (κ2) is 5.55. The van der Waals surface area contributed by atoms with Crippen LogP contribution < -0.4 is 14.8 Å². The largest absolute Gasteiger partial charge is 0.454 e. The van der Waals surface area contributed by atoms with Crippen LogP contribution in [0.4, 0.5) is 4.39 Å². The summed E-state index contributed by atoms with van der Waals surface area (Å²) in [7, 11) is 0. The second-order valence-electron chi connectivity index (χ2n) is 5.13. The molecule has 2 heterocycles. The fraction of sp³-hybridized carbons (Fsp3) is 0.118. The Labute approximate surface area is 135 Å². The molecule has 0 aliphatic carbocycles. The normalized spacial score (nSPS) is 12.6. The van der Waals surface area contributed by atoms with E-state index < -0.39 is 0 Å². The van der Waals surface area contributed by atoms with Crippen molar-refractivity contribution < 1.29 is 18.7 Å². The molecule has 0 unspecified atom stereocenters. The van der Waals surface area contributed by atoms with Crippen molar-refractivity contribution in [2.24, 2.45) is 0 Å². The summed E-state index contributed by atoms with van der Waals surface area (Å²) in [5.41, 5.74) is 0.912. The van der Waals surface area contributed by atoms with Crippen molar-refractivity contribution >= 4 is 27.3 Å². The van der Waals surface area contributed by atoms with Crippen LogP contribution in [0.5, 0.6) is 11.5 Å². The maximum atomic E-state index is 13.7. The van der Waals surface area contributed by atoms with Gasteiger partial charge in [-0.25, -0.2) is 4.39 Å². The number of nitrogens with one attached hydrogen (secondary N) is 1. The Morgan fingerprint density at radius 1 is 1.17 bits per heavy atom. The topological polar surface area (TPSA) is 47.6 Å². The summed E-state index contributed by atoms with van der Waals surface area (Å²) in [5, 5.41) is 3.32. The number of thiophene rings is 1. The average molecular weight is 329 g/mol. The maximum Gasteiger partial charge on any atom is 0.261 e. The molecule has 3 aromatic rings. The van der Waals surface area contributed by atoms with Crippen LogP contribution in [0.1, 0.15) is 15.2 Å². The molecule has 1 aromatic heterocycles. The van der Waals surface area contributed by atoms with E-state index in [0.29, 0.717) is 28.3 Å². The van der Waals surface area contributed by atoms with Crippen LogP contribution in [-0.4, -0.2) is 12.7 Å². The van der Waals surface area contributed by atoms with Gasteiger partial charge in [-0.3, -0.25) is 4.79 Å². The van der Waals surface area contributed by atoms with Gasteiger partial charge in [0.1, 0.15) is 5.82 Å². The van der Waals surface area contributed by atoms with Crippen molar-refractivity contribution in [1.29, 1.82) is 0 Å². The minimum atomic E-state index is -0.312. The van der Waals surface area contributed by atoms with E-state index in [1.54, 1.807) is 18.2 Å². The van der Waals surface area contributed by atoms with Crippen LogP contribution in [0.15, 0.2) is 42.5 Å². The molecular weight excluding hydrogens is 317 g/mol. The number of benzene rings is 2. The minimum Gasteiger partial charge on any atom is -0.454 e. The number of hydrogen-bond donors (Lipinski definition) is 1. The SMILES string of the molecule is O=C(NCc1ccc2c(c1)OCO2)c1cc2c(F)cccc2s1. The molecule has 23 heavy (non-hydrogen) atoms. The zero-order valence-electron chi connectivity index (χ0n) is 12.0. The van der Waals surface area contributed by atoms with Gasteiger partial charge in [0.2, 0.25) is 6.79 Å². The Balaban J connectivity index is 1.50. The van der Waals surface area contributed by atoms with Crippen LogP contribution in [-0.2, 0) is 6.54 Å². The Morgan fingerprint density at radius 3 is 2.91 bits per heavy atom. The predicted molar refractivity (Wildman–Crippen MR) is 85.5 cm³/mol. The highest BCUT2D eigenvalue weighted by Gasteiger charge is 2.15. The molecule has 0 saturated heterocycles. The van der Waals surface area contributed by atoms with Crippen molar-refractivity contribution in [1.82, 2.24) is 5.32 Å². The molecule has 1 amide bonds. The monoisotopic (exact) mass is 329 g/mol. The van der Waals surface area contributed by atoms with Crippen LogP contribution >= 0.6 is 11.3 Å². The van der Waals surface area contributed by atoms with Gasteiger partial charge in [0, 0.05) is 16.6 Å². The third kappa shape index (κ3) is 2.61. The minimum absolute atomic E-state index is 0.219. The zero-order valence-corrected chi connectivity index (χ0v) is 12.8. The number of rotatable bonds is 3. The first-order valence-electron chi connectivity index (χ1n) is 7.05. The number of hydrogen-bond acceptors (Lipinski definition) is 4. The van der Waals surface area contributed by atoms with Crippen LogP contribution in [0.25, 0.3) is 10.1 Å². The van der Waals surface area contributed by atoms with Crippen LogP contribution in [0.3, 0.4) is 0 Å². The van der Waals surface area contributed by atoms with Gasteiger partial charge in [0.25, 0.3) is 5.91 Å². The molecule has 0 bridgehead atoms. The molecule has 4 nitrogen and oxygen atoms in total. The van der Waals surface area contributed by atoms with E-state index >= 15 is 0 Å². The highest BCUT2D eigenvalue weighted by atomic mass is 32.1. The maximum absolute atomic E-state index is 13.7. The Hall–Kier alpha value is -2.60. The lowest BCUT2D eigenvalue weighted by atomic mass is 10.2. The molecule has 116 valence electrons. The van der Waals surface area contributed by atoms with Gasteiger partial charge in [-0.1, -0.05) is 12.1 Å². The van der Waals surface area contributed by atoms with Gasteiger partial charge >= 0.3 is 0 Å². The van der Waals surface area contributed by atoms with Crippen LogP contribution in [0, 0.1) is 5.82 Å². The fourth-order valence-electron chi connectivity index (χ4n) is 2.46. The average Bonchev–Trinajstić information content (AvgIpc) is 3.19. The van der Waals surface area contributed by atoms with Crippen molar-refractivity contribution in [3.63, 3.8) is 0 Å². The van der Waals surface area contributed by atoms with E-state index in [1.807, 2.05) is 18.2 Å². The number of fused-ring (bicyclic) bond motifs is 2. The summed E-state index contributed by atoms with van der Waals surface area (Å²) in [4.78, 5) is 12.7. The molecule has 0 fully saturated rings. The molecule has 1 N–H and O–H groups in total. The number of ether oxygens (including phenoxy) is 2. The quantitative estimate of drug-likeness (QED) is 0.797. The van der Waals surface area contributed by atoms with Gasteiger partial charge < -0.3 is 14.8 Å². The van der Waals surface area contributed by atoms with Crippen molar-refractivity contribution in [3.05, 3.63) is 58.7 Å². The number of carbonyl (C=O) groups excluding carboxylic acids is 1. The van der Waals surface area contributed by atoms with Crippen molar-refractivity contribution in [3.8, 4) is 11.5 Å². The van der Waals surface area contributed by atoms with Gasteiger partial charge in [-0.05, 0) is 35.9 Å². The smallest absolute Gasteiger partial charge is 0.261 e. The van der Waals surface area contributed by atoms with Gasteiger partial charge in [-0.15, -0.1) is 11.3 Å². The van der Waals surface area contributed by atoms with Crippen molar-refractivity contribution in [2.45, 2.75) is 6.54 Å². The Morgan fingerprint density at radius 2 is 2.04 bits per heavy atom. The molecule has 1 aliphatic rings. The third-order valence-corrected chi connectivity index (χ3v) is 4.72. The van der Waals surface area contributed by atoms with E-state index in [2.05, 4.69) is 5.32 Å². The molecule has 0 radical (unpaired) electrons. The summed E-state index contributed by atoms with van der Waals surface area (Å²) >= 11 is 1.28. The summed E-state index contributed by atoms with van der Waals surface area (Å²) < 4.78 is 25.0. The van der Waals surface area contributed by atoms with E-state index in [0.717, 1.165) is 10.3 Å². The summed E-state index contributed by atoms with van der Waals surface area (Å²) in [6.45, 7) is 0.588. The van der Waals surface area contributed by atoms with Gasteiger partial charge in [-0.2, -0.15) is 0 Å². The van der Waals surface area contributed by atoms with E-state index in [-0.39, 0.29) is 18.5 Å². The zero-order chi connectivity index (χ0) is 15.8. The first-order chi connectivity index (χ1) is 11.2. The molecule has 0 spiro atoms. The standard InChI is InChI=1S/C17H12FNO3S/c18-12-2-1-3-15-11(12)7-16(23-15)17(20)19-8-10-4-5-13-14(6-10)22-9-21-13/h1-7H,8-9H2,(H,19,20). The summed E-state index contributed by atoms with van der Waals surface area (Å²) in [5.74, 6) is 0.859. The Bertz CT molecular complexity index is 906. The summed E-state index contributed by atoms with van der Waals surface area (Å²) in [6, 6.07) is 12.0. The van der Waals surface area contributed by atoms with Crippen LogP contribution in [0.2, 0.25) is 0 Å². The lowest BCUT2D eigenvalue weighted by molar-refractivity contribution is 0.0955. The molecular formula is C17H12FNO3S. The number of halogens is 1. The van der Waals surface area contributed by atoms with Crippen molar-refractivity contribution in [2.75, 3.05) is 6.79 Å². The number of carbonyl (C=O) groups is 1. The highest BCUT2D eigenvalue weighted by Crippen LogP contribution is 2.32. The molecule has 1 aliphatic heterocycles. The Kier molecular flexibility index (Phi) is 3.38. The molecule has 0 saturated carbocycles. The van der Waals surface area contributed by atoms with E-state index in [9.17, 15) is 9.18 Å². The van der Waals surface area contributed by atoms with Gasteiger partial charge in [0.15, 0.2) is 11.5 Å². The lowest BCUT2D eigenvalue weighted by Gasteiger charge is -2.05. The first kappa shape index (κ1) is 14.0. The number of amides is 1. The molecule has 4 rings (SSSR count). The molecule has 0 atom stereocenters. The van der Waals surface area contributed by atoms with Gasteiger partial charge in [0.05, 0.1) is 4.88 Å². The van der Waals surface area contributed by atoms with E-state index in [1.165, 1.54) is 17.4 Å². The molecule has 2 aromatic carbocycles. The highest BCUT2D eigenvalue weighted by molar-refractivity contribution is 7.20. The second-order valence-corrected chi connectivity index (χ2v) is 6.22. The third-order valence-electron chi connectivity index (χ3n) is 3.62. The predicted octanol–water partition coefficient (Wildman–Crippen LogP) is 3.70. The summed E-state index contributed by atoms with van der Waals surface area (Å²) in [6.07, 6.45) is 0. The molecule has 6 heteroatoms. The van der Waals surface area contributed by atoms with E-state index in [4.69, 9.17) is 9.47 Å².